The Morgan fingerprint density at radius 1 is 0.524 bits per heavy atom. The maximum atomic E-state index is 11.3. The van der Waals surface area contributed by atoms with Crippen molar-refractivity contribution in [3.63, 3.8) is 0 Å². The largest absolute Gasteiger partial charge is 0.388 e. The van der Waals surface area contributed by atoms with E-state index >= 15 is 0 Å². The van der Waals surface area contributed by atoms with E-state index in [1.54, 1.807) is 0 Å². The molecule has 6 atom stereocenters. The van der Waals surface area contributed by atoms with E-state index in [0.717, 1.165) is 22.3 Å². The molecular formula is C35H38O7. The Morgan fingerprint density at radius 3 is 1.36 bits per heavy atom. The van der Waals surface area contributed by atoms with Gasteiger partial charge in [-0.3, -0.25) is 0 Å². The summed E-state index contributed by atoms with van der Waals surface area (Å²) in [7, 11) is 0. The number of aliphatic hydroxyl groups is 2. The van der Waals surface area contributed by atoms with Crippen LogP contribution in [0.1, 0.15) is 22.3 Å². The number of aliphatic hydroxyl groups excluding tert-OH is 2. The SMILES string of the molecule is O[C@H](COCc1ccccc1)[C@H]1O[C@@H](O)[C@H](OCc2ccccc2)[C@H](OCc2ccccc2)[C@@H]1OCc1ccccc1. The Bertz CT molecular complexity index is 1290. The molecule has 7 heteroatoms. The molecule has 5 rings (SSSR count). The predicted molar refractivity (Wildman–Crippen MR) is 158 cm³/mol. The van der Waals surface area contributed by atoms with Gasteiger partial charge in [0.2, 0.25) is 0 Å². The first kappa shape index (κ1) is 30.1. The van der Waals surface area contributed by atoms with Crippen molar-refractivity contribution in [3.8, 4) is 0 Å². The normalized spacial score (nSPS) is 23.0. The second-order valence-electron chi connectivity index (χ2n) is 10.3. The average molecular weight is 571 g/mol. The summed E-state index contributed by atoms with van der Waals surface area (Å²) in [4.78, 5) is 0. The zero-order valence-electron chi connectivity index (χ0n) is 23.5. The zero-order valence-corrected chi connectivity index (χ0v) is 23.5. The van der Waals surface area contributed by atoms with Gasteiger partial charge < -0.3 is 33.9 Å². The number of benzene rings is 4. The Morgan fingerprint density at radius 2 is 0.905 bits per heavy atom. The molecule has 0 spiro atoms. The average Bonchev–Trinajstić information content (AvgIpc) is 3.04. The highest BCUT2D eigenvalue weighted by Gasteiger charge is 2.50. The number of rotatable bonds is 14. The van der Waals surface area contributed by atoms with Crippen LogP contribution >= 0.6 is 0 Å². The molecule has 0 saturated carbocycles. The van der Waals surface area contributed by atoms with E-state index in [1.807, 2.05) is 121 Å². The quantitative estimate of drug-likeness (QED) is 0.220. The van der Waals surface area contributed by atoms with Crippen molar-refractivity contribution in [1.82, 2.24) is 0 Å². The van der Waals surface area contributed by atoms with E-state index in [0.29, 0.717) is 6.61 Å². The molecule has 1 aliphatic heterocycles. The Kier molecular flexibility index (Phi) is 11.3. The molecule has 0 radical (unpaired) electrons. The Hall–Kier alpha value is -3.40. The first-order chi connectivity index (χ1) is 20.7. The molecule has 2 N–H and O–H groups in total. The molecule has 0 amide bonds. The molecule has 0 aromatic heterocycles. The first-order valence-corrected chi connectivity index (χ1v) is 14.3. The molecule has 4 aromatic carbocycles. The summed E-state index contributed by atoms with van der Waals surface area (Å²) in [6.45, 7) is 1.09. The van der Waals surface area contributed by atoms with Crippen LogP contribution in [0.15, 0.2) is 121 Å². The lowest BCUT2D eigenvalue weighted by Crippen LogP contribution is -2.63. The summed E-state index contributed by atoms with van der Waals surface area (Å²) in [5, 5.41) is 22.5. The van der Waals surface area contributed by atoms with Crippen LogP contribution in [-0.4, -0.2) is 53.6 Å². The van der Waals surface area contributed by atoms with Gasteiger partial charge in [-0.25, -0.2) is 0 Å². The molecule has 0 aliphatic carbocycles. The fraction of sp³-hybridized carbons (Fsp3) is 0.314. The van der Waals surface area contributed by atoms with Crippen molar-refractivity contribution in [3.05, 3.63) is 144 Å². The minimum absolute atomic E-state index is 0.0155. The fourth-order valence-corrected chi connectivity index (χ4v) is 4.98. The van der Waals surface area contributed by atoms with Gasteiger partial charge in [0.05, 0.1) is 33.0 Å². The van der Waals surface area contributed by atoms with Crippen molar-refractivity contribution in [2.75, 3.05) is 6.61 Å². The van der Waals surface area contributed by atoms with Crippen LogP contribution in [-0.2, 0) is 50.1 Å². The van der Waals surface area contributed by atoms with Crippen LogP contribution in [0.5, 0.6) is 0 Å². The summed E-state index contributed by atoms with van der Waals surface area (Å²) >= 11 is 0. The number of hydrogen-bond acceptors (Lipinski definition) is 7. The summed E-state index contributed by atoms with van der Waals surface area (Å²) < 4.78 is 31.0. The molecule has 220 valence electrons. The maximum Gasteiger partial charge on any atom is 0.184 e. The van der Waals surface area contributed by atoms with Crippen molar-refractivity contribution >= 4 is 0 Å². The minimum Gasteiger partial charge on any atom is -0.388 e. The lowest BCUT2D eigenvalue weighted by Gasteiger charge is -2.45. The van der Waals surface area contributed by atoms with Crippen molar-refractivity contribution in [2.45, 2.75) is 63.2 Å². The summed E-state index contributed by atoms with van der Waals surface area (Å²) in [5.74, 6) is 0. The minimum atomic E-state index is -1.36. The van der Waals surface area contributed by atoms with Crippen LogP contribution in [0, 0.1) is 0 Å². The molecule has 0 bridgehead atoms. The Balaban J connectivity index is 1.36. The van der Waals surface area contributed by atoms with E-state index in [1.165, 1.54) is 0 Å². The second kappa shape index (κ2) is 15.7. The standard InChI is InChI=1S/C35H38O7/c36-30(25-38-21-26-13-5-1-6-14-26)31-32(39-22-27-15-7-2-8-16-27)33(40-23-28-17-9-3-10-18-28)34(35(37)42-31)41-24-29-19-11-4-12-20-29/h1-20,30-37H,21-25H2/t30-,31-,32-,33-,34-,35-/m1/s1. The maximum absolute atomic E-state index is 11.3. The number of ether oxygens (including phenoxy) is 5. The van der Waals surface area contributed by atoms with Gasteiger partial charge >= 0.3 is 0 Å². The molecular weight excluding hydrogens is 532 g/mol. The summed E-state index contributed by atoms with van der Waals surface area (Å²) in [5.41, 5.74) is 3.86. The monoisotopic (exact) mass is 570 g/mol. The zero-order chi connectivity index (χ0) is 29.0. The molecule has 1 saturated heterocycles. The van der Waals surface area contributed by atoms with Gasteiger partial charge in [-0.15, -0.1) is 0 Å². The lowest BCUT2D eigenvalue weighted by molar-refractivity contribution is -0.325. The van der Waals surface area contributed by atoms with Crippen LogP contribution in [0.4, 0.5) is 0 Å². The lowest BCUT2D eigenvalue weighted by atomic mass is 9.94. The molecule has 0 unspecified atom stereocenters. The molecule has 7 nitrogen and oxygen atoms in total. The van der Waals surface area contributed by atoms with E-state index in [2.05, 4.69) is 0 Å². The molecule has 1 heterocycles. The summed E-state index contributed by atoms with van der Waals surface area (Å²) in [6, 6.07) is 39.0. The smallest absolute Gasteiger partial charge is 0.184 e. The molecule has 1 aliphatic rings. The van der Waals surface area contributed by atoms with Crippen LogP contribution < -0.4 is 0 Å². The van der Waals surface area contributed by atoms with Crippen molar-refractivity contribution in [1.29, 1.82) is 0 Å². The van der Waals surface area contributed by atoms with Gasteiger partial charge in [-0.2, -0.15) is 0 Å². The fourth-order valence-electron chi connectivity index (χ4n) is 4.98. The predicted octanol–water partition coefficient (Wildman–Crippen LogP) is 5.04. The topological polar surface area (TPSA) is 86.6 Å². The summed E-state index contributed by atoms with van der Waals surface area (Å²) in [6.07, 6.45) is -5.79. The van der Waals surface area contributed by atoms with Gasteiger partial charge in [0.25, 0.3) is 0 Å². The van der Waals surface area contributed by atoms with Crippen molar-refractivity contribution in [2.24, 2.45) is 0 Å². The van der Waals surface area contributed by atoms with Gasteiger partial charge in [0, 0.05) is 0 Å². The van der Waals surface area contributed by atoms with Crippen LogP contribution in [0.25, 0.3) is 0 Å². The highest BCUT2D eigenvalue weighted by atomic mass is 16.7. The highest BCUT2D eigenvalue weighted by molar-refractivity contribution is 5.16. The van der Waals surface area contributed by atoms with Gasteiger partial charge in [-0.1, -0.05) is 121 Å². The van der Waals surface area contributed by atoms with E-state index in [-0.39, 0.29) is 26.4 Å². The molecule has 1 fully saturated rings. The van der Waals surface area contributed by atoms with Crippen LogP contribution in [0.3, 0.4) is 0 Å². The van der Waals surface area contributed by atoms with Gasteiger partial charge in [0.15, 0.2) is 6.29 Å². The third-order valence-corrected chi connectivity index (χ3v) is 7.18. The Labute approximate surface area is 247 Å². The van der Waals surface area contributed by atoms with E-state index in [9.17, 15) is 10.2 Å². The van der Waals surface area contributed by atoms with Crippen LogP contribution in [0.2, 0.25) is 0 Å². The van der Waals surface area contributed by atoms with E-state index in [4.69, 9.17) is 23.7 Å². The second-order valence-corrected chi connectivity index (χ2v) is 10.3. The van der Waals surface area contributed by atoms with Gasteiger partial charge in [0.1, 0.15) is 30.5 Å². The molecule has 42 heavy (non-hydrogen) atoms. The number of hydrogen-bond donors (Lipinski definition) is 2. The third-order valence-electron chi connectivity index (χ3n) is 7.18. The van der Waals surface area contributed by atoms with E-state index < -0.39 is 36.8 Å². The van der Waals surface area contributed by atoms with Gasteiger partial charge in [-0.05, 0) is 22.3 Å². The molecule has 4 aromatic rings. The van der Waals surface area contributed by atoms with Crippen molar-refractivity contribution < 1.29 is 33.9 Å². The highest BCUT2D eigenvalue weighted by Crippen LogP contribution is 2.31. The first-order valence-electron chi connectivity index (χ1n) is 14.3. The third kappa shape index (κ3) is 8.56.